The van der Waals surface area contributed by atoms with Gasteiger partial charge in [0.05, 0.1) is 7.11 Å². The molecule has 3 nitrogen and oxygen atoms in total. The zero-order valence-electron chi connectivity index (χ0n) is 10.6. The molecule has 1 atom stereocenters. The van der Waals surface area contributed by atoms with Crippen LogP contribution in [0.25, 0.3) is 0 Å². The molecular weight excluding hydrogens is 238 g/mol. The van der Waals surface area contributed by atoms with Gasteiger partial charge in [0.15, 0.2) is 0 Å². The number of rotatable bonds is 4. The third-order valence-corrected chi connectivity index (χ3v) is 2.90. The van der Waals surface area contributed by atoms with E-state index in [9.17, 15) is 4.79 Å². The molecule has 0 fully saturated rings. The number of ether oxygens (including phenoxy) is 1. The summed E-state index contributed by atoms with van der Waals surface area (Å²) in [5.74, 6) is -0.279. The zero-order valence-corrected chi connectivity index (χ0v) is 11.3. The summed E-state index contributed by atoms with van der Waals surface area (Å²) >= 11 is 5.83. The Morgan fingerprint density at radius 3 is 2.35 bits per heavy atom. The van der Waals surface area contributed by atoms with Gasteiger partial charge in [-0.25, -0.2) is 0 Å². The number of carbonyl (C=O) groups is 1. The lowest BCUT2D eigenvalue weighted by atomic mass is 10.0. The second-order valence-electron chi connectivity index (χ2n) is 4.53. The van der Waals surface area contributed by atoms with Crippen LogP contribution in [-0.2, 0) is 9.53 Å². The molecule has 4 heteroatoms. The summed E-state index contributed by atoms with van der Waals surface area (Å²) in [6.07, 6.45) is 0. The number of methoxy groups -OCH3 is 1. The number of hydrogen-bond donors (Lipinski definition) is 1. The Bertz CT molecular complexity index is 387. The van der Waals surface area contributed by atoms with Gasteiger partial charge >= 0.3 is 5.97 Å². The van der Waals surface area contributed by atoms with Crippen LogP contribution < -0.4 is 5.32 Å². The van der Waals surface area contributed by atoms with E-state index in [1.807, 2.05) is 31.2 Å². The fourth-order valence-electron chi connectivity index (χ4n) is 1.69. The van der Waals surface area contributed by atoms with Crippen LogP contribution in [0.15, 0.2) is 24.3 Å². The summed E-state index contributed by atoms with van der Waals surface area (Å²) in [5, 5.41) is 3.93. The molecule has 1 unspecified atom stereocenters. The quantitative estimate of drug-likeness (QED) is 0.841. The van der Waals surface area contributed by atoms with Crippen molar-refractivity contribution in [1.82, 2.24) is 5.32 Å². The molecule has 1 aromatic carbocycles. The highest BCUT2D eigenvalue weighted by Gasteiger charge is 2.30. The Kier molecular flexibility index (Phi) is 4.54. The second kappa shape index (κ2) is 5.52. The van der Waals surface area contributed by atoms with Crippen LogP contribution in [0.2, 0.25) is 5.02 Å². The predicted octanol–water partition coefficient (Wildman–Crippen LogP) is 2.94. The Morgan fingerprint density at radius 2 is 1.88 bits per heavy atom. The molecule has 0 aliphatic heterocycles. The van der Waals surface area contributed by atoms with E-state index in [2.05, 4.69) is 5.32 Å². The highest BCUT2D eigenvalue weighted by atomic mass is 35.5. The minimum Gasteiger partial charge on any atom is -0.468 e. The number of halogens is 1. The highest BCUT2D eigenvalue weighted by molar-refractivity contribution is 6.30. The van der Waals surface area contributed by atoms with Gasteiger partial charge in [0.25, 0.3) is 0 Å². The smallest absolute Gasteiger partial charge is 0.325 e. The monoisotopic (exact) mass is 255 g/mol. The van der Waals surface area contributed by atoms with Gasteiger partial charge in [-0.2, -0.15) is 0 Å². The molecule has 94 valence electrons. The SMILES string of the molecule is COC(=O)C(C)(C)NC(C)c1ccc(Cl)cc1. The normalized spacial score (nSPS) is 13.2. The molecule has 1 aromatic rings. The molecule has 17 heavy (non-hydrogen) atoms. The van der Waals surface area contributed by atoms with Crippen LogP contribution >= 0.6 is 11.6 Å². The summed E-state index contributed by atoms with van der Waals surface area (Å²) in [7, 11) is 1.39. The Balaban J connectivity index is 2.75. The van der Waals surface area contributed by atoms with Crippen LogP contribution in [0.1, 0.15) is 32.4 Å². The average Bonchev–Trinajstić information content (AvgIpc) is 2.28. The maximum atomic E-state index is 11.5. The fraction of sp³-hybridized carbons (Fsp3) is 0.462. The molecule has 0 aliphatic carbocycles. The van der Waals surface area contributed by atoms with Gasteiger partial charge in [-0.3, -0.25) is 10.1 Å². The van der Waals surface area contributed by atoms with Crippen molar-refractivity contribution >= 4 is 17.6 Å². The van der Waals surface area contributed by atoms with Crippen LogP contribution in [0, 0.1) is 0 Å². The van der Waals surface area contributed by atoms with Crippen LogP contribution in [0.3, 0.4) is 0 Å². The molecule has 0 amide bonds. The largest absolute Gasteiger partial charge is 0.468 e. The van der Waals surface area contributed by atoms with Crippen molar-refractivity contribution in [2.75, 3.05) is 7.11 Å². The van der Waals surface area contributed by atoms with Crippen molar-refractivity contribution in [2.24, 2.45) is 0 Å². The highest BCUT2D eigenvalue weighted by Crippen LogP contribution is 2.19. The minimum absolute atomic E-state index is 0.0429. The van der Waals surface area contributed by atoms with E-state index in [0.717, 1.165) is 5.56 Å². The molecule has 0 radical (unpaired) electrons. The molecule has 0 bridgehead atoms. The summed E-state index contributed by atoms with van der Waals surface area (Å²) in [5.41, 5.74) is 0.361. The van der Waals surface area contributed by atoms with Crippen LogP contribution in [0.4, 0.5) is 0 Å². The summed E-state index contributed by atoms with van der Waals surface area (Å²) in [6.45, 7) is 5.59. The molecule has 1 N–H and O–H groups in total. The summed E-state index contributed by atoms with van der Waals surface area (Å²) in [6, 6.07) is 7.59. The molecule has 0 saturated carbocycles. The second-order valence-corrected chi connectivity index (χ2v) is 4.97. The van der Waals surface area contributed by atoms with E-state index in [-0.39, 0.29) is 12.0 Å². The van der Waals surface area contributed by atoms with E-state index in [4.69, 9.17) is 16.3 Å². The lowest BCUT2D eigenvalue weighted by Crippen LogP contribution is -2.48. The van der Waals surface area contributed by atoms with Crippen molar-refractivity contribution in [3.05, 3.63) is 34.9 Å². The third kappa shape index (κ3) is 3.72. The third-order valence-electron chi connectivity index (χ3n) is 2.64. The Hall–Kier alpha value is -1.06. The number of benzene rings is 1. The van der Waals surface area contributed by atoms with Gasteiger partial charge in [0, 0.05) is 11.1 Å². The van der Waals surface area contributed by atoms with Crippen LogP contribution in [-0.4, -0.2) is 18.6 Å². The van der Waals surface area contributed by atoms with Gasteiger partial charge < -0.3 is 4.74 Å². The van der Waals surface area contributed by atoms with Crippen molar-refractivity contribution < 1.29 is 9.53 Å². The van der Waals surface area contributed by atoms with Gasteiger partial charge in [-0.1, -0.05) is 23.7 Å². The first kappa shape index (κ1) is 14.0. The number of carbonyl (C=O) groups excluding carboxylic acids is 1. The Labute approximate surface area is 107 Å². The van der Waals surface area contributed by atoms with E-state index in [1.165, 1.54) is 7.11 Å². The lowest BCUT2D eigenvalue weighted by molar-refractivity contribution is -0.147. The van der Waals surface area contributed by atoms with E-state index in [0.29, 0.717) is 5.02 Å². The van der Waals surface area contributed by atoms with Crippen molar-refractivity contribution in [1.29, 1.82) is 0 Å². The first-order valence-corrected chi connectivity index (χ1v) is 5.86. The van der Waals surface area contributed by atoms with Crippen molar-refractivity contribution in [3.8, 4) is 0 Å². The first-order valence-electron chi connectivity index (χ1n) is 5.48. The van der Waals surface area contributed by atoms with Gasteiger partial charge in [0.1, 0.15) is 5.54 Å². The van der Waals surface area contributed by atoms with E-state index in [1.54, 1.807) is 13.8 Å². The zero-order chi connectivity index (χ0) is 13.1. The van der Waals surface area contributed by atoms with Gasteiger partial charge in [0.2, 0.25) is 0 Å². The maximum absolute atomic E-state index is 11.5. The van der Waals surface area contributed by atoms with Gasteiger partial charge in [-0.05, 0) is 38.5 Å². The predicted molar refractivity (Wildman–Crippen MR) is 69.1 cm³/mol. The molecule has 0 aliphatic rings. The molecular formula is C13H18ClNO2. The molecule has 0 aromatic heterocycles. The fourth-order valence-corrected chi connectivity index (χ4v) is 1.82. The topological polar surface area (TPSA) is 38.3 Å². The van der Waals surface area contributed by atoms with Crippen molar-refractivity contribution in [2.45, 2.75) is 32.4 Å². The van der Waals surface area contributed by atoms with E-state index >= 15 is 0 Å². The average molecular weight is 256 g/mol. The van der Waals surface area contributed by atoms with Crippen LogP contribution in [0.5, 0.6) is 0 Å². The van der Waals surface area contributed by atoms with E-state index < -0.39 is 5.54 Å². The first-order chi connectivity index (χ1) is 7.86. The standard InChI is InChI=1S/C13H18ClNO2/c1-9(10-5-7-11(14)8-6-10)15-13(2,3)12(16)17-4/h5-9,15H,1-4H3. The Morgan fingerprint density at radius 1 is 1.35 bits per heavy atom. The summed E-state index contributed by atoms with van der Waals surface area (Å²) in [4.78, 5) is 11.5. The number of hydrogen-bond acceptors (Lipinski definition) is 3. The molecule has 0 saturated heterocycles. The van der Waals surface area contributed by atoms with Crippen molar-refractivity contribution in [3.63, 3.8) is 0 Å². The lowest BCUT2D eigenvalue weighted by Gasteiger charge is -2.27. The summed E-state index contributed by atoms with van der Waals surface area (Å²) < 4.78 is 4.75. The molecule has 1 rings (SSSR count). The maximum Gasteiger partial charge on any atom is 0.325 e. The number of nitrogens with one attached hydrogen (secondary N) is 1. The molecule has 0 spiro atoms. The molecule has 0 heterocycles. The van der Waals surface area contributed by atoms with Gasteiger partial charge in [-0.15, -0.1) is 0 Å². The number of esters is 1. The minimum atomic E-state index is -0.714.